The van der Waals surface area contributed by atoms with E-state index in [9.17, 15) is 13.6 Å². The van der Waals surface area contributed by atoms with Crippen molar-refractivity contribution in [1.29, 1.82) is 0 Å². The fourth-order valence-electron chi connectivity index (χ4n) is 3.16. The molecule has 1 saturated heterocycles. The molecule has 2 aliphatic rings. The average molecular weight is 274 g/mol. The number of hydrogen-bond acceptors (Lipinski definition) is 2. The molecular formula is C14H24F2N2O. The number of rotatable bonds is 4. The fraction of sp³-hybridized carbons (Fsp3) is 0.929. The maximum Gasteiger partial charge on any atom is 0.248 e. The predicted molar refractivity (Wildman–Crippen MR) is 70.2 cm³/mol. The van der Waals surface area contributed by atoms with E-state index in [1.54, 1.807) is 0 Å². The van der Waals surface area contributed by atoms with E-state index in [1.807, 2.05) is 0 Å². The number of nitrogens with zero attached hydrogens (tertiary/aromatic N) is 1. The second-order valence-electron chi connectivity index (χ2n) is 5.83. The van der Waals surface area contributed by atoms with Gasteiger partial charge in [0.05, 0.1) is 6.04 Å². The van der Waals surface area contributed by atoms with Crippen LogP contribution in [0, 0.1) is 0 Å². The summed E-state index contributed by atoms with van der Waals surface area (Å²) in [4.78, 5) is 14.4. The minimum Gasteiger partial charge on any atom is -0.352 e. The molecule has 1 N–H and O–H groups in total. The number of likely N-dealkylation sites (tertiary alicyclic amines) is 1. The minimum absolute atomic E-state index is 0.0395. The van der Waals surface area contributed by atoms with Crippen molar-refractivity contribution in [2.75, 3.05) is 13.1 Å². The monoisotopic (exact) mass is 274 g/mol. The van der Waals surface area contributed by atoms with Gasteiger partial charge in [0.2, 0.25) is 11.8 Å². The van der Waals surface area contributed by atoms with Crippen LogP contribution in [0.1, 0.15) is 51.9 Å². The molecule has 1 saturated carbocycles. The summed E-state index contributed by atoms with van der Waals surface area (Å²) in [6, 6.07) is -0.0985. The van der Waals surface area contributed by atoms with Gasteiger partial charge in [0, 0.05) is 18.9 Å². The highest BCUT2D eigenvalue weighted by Crippen LogP contribution is 2.33. The molecule has 1 amide bonds. The number of amides is 1. The second kappa shape index (κ2) is 6.16. The van der Waals surface area contributed by atoms with Gasteiger partial charge in [-0.15, -0.1) is 0 Å². The molecule has 0 aromatic rings. The molecule has 0 spiro atoms. The maximum absolute atomic E-state index is 13.1. The van der Waals surface area contributed by atoms with Gasteiger partial charge < -0.3 is 5.32 Å². The summed E-state index contributed by atoms with van der Waals surface area (Å²) in [5.74, 6) is -2.48. The largest absolute Gasteiger partial charge is 0.352 e. The molecule has 1 heterocycles. The van der Waals surface area contributed by atoms with Gasteiger partial charge in [-0.3, -0.25) is 9.69 Å². The first kappa shape index (κ1) is 14.7. The molecule has 1 aliphatic heterocycles. The summed E-state index contributed by atoms with van der Waals surface area (Å²) < 4.78 is 26.1. The molecule has 3 nitrogen and oxygen atoms in total. The zero-order chi connectivity index (χ0) is 13.9. The first-order valence-electron chi connectivity index (χ1n) is 7.44. The van der Waals surface area contributed by atoms with Crippen LogP contribution < -0.4 is 5.32 Å². The van der Waals surface area contributed by atoms with Gasteiger partial charge in [-0.2, -0.15) is 0 Å². The smallest absolute Gasteiger partial charge is 0.248 e. The molecule has 0 unspecified atom stereocenters. The highest BCUT2D eigenvalue weighted by Gasteiger charge is 2.37. The third-order valence-corrected chi connectivity index (χ3v) is 4.24. The van der Waals surface area contributed by atoms with Crippen LogP contribution in [-0.2, 0) is 4.79 Å². The topological polar surface area (TPSA) is 32.3 Å². The van der Waals surface area contributed by atoms with E-state index in [4.69, 9.17) is 0 Å². The van der Waals surface area contributed by atoms with Gasteiger partial charge in [-0.25, -0.2) is 8.78 Å². The zero-order valence-corrected chi connectivity index (χ0v) is 11.6. The first-order valence-corrected chi connectivity index (χ1v) is 7.44. The Morgan fingerprint density at radius 2 is 2.00 bits per heavy atom. The maximum atomic E-state index is 13.1. The van der Waals surface area contributed by atoms with Crippen LogP contribution in [-0.4, -0.2) is 41.9 Å². The van der Waals surface area contributed by atoms with Crippen molar-refractivity contribution >= 4 is 5.91 Å². The van der Waals surface area contributed by atoms with Gasteiger partial charge >= 0.3 is 0 Å². The lowest BCUT2D eigenvalue weighted by Gasteiger charge is -2.31. The Balaban J connectivity index is 1.81. The van der Waals surface area contributed by atoms with Crippen molar-refractivity contribution in [3.8, 4) is 0 Å². The van der Waals surface area contributed by atoms with Crippen molar-refractivity contribution in [2.24, 2.45) is 0 Å². The van der Waals surface area contributed by atoms with E-state index in [-0.39, 0.29) is 30.8 Å². The Morgan fingerprint density at radius 1 is 1.32 bits per heavy atom. The van der Waals surface area contributed by atoms with Crippen molar-refractivity contribution in [3.05, 3.63) is 0 Å². The molecular weight excluding hydrogens is 250 g/mol. The van der Waals surface area contributed by atoms with Crippen LogP contribution in [0.25, 0.3) is 0 Å². The van der Waals surface area contributed by atoms with Crippen LogP contribution in [0.2, 0.25) is 0 Å². The number of alkyl halides is 2. The van der Waals surface area contributed by atoms with Gasteiger partial charge in [0.15, 0.2) is 0 Å². The number of halogens is 2. The standard InChI is InChI=1S/C14H24F2N2O/c1-2-9-18-10-3-4-12(18)13(19)17-11-5-7-14(15,16)8-6-11/h11-12H,2-10H2,1H3,(H,17,19)/t12-/m1/s1. The van der Waals surface area contributed by atoms with Crippen LogP contribution in [0.3, 0.4) is 0 Å². The van der Waals surface area contributed by atoms with Gasteiger partial charge in [-0.05, 0) is 45.2 Å². The highest BCUT2D eigenvalue weighted by atomic mass is 19.3. The van der Waals surface area contributed by atoms with Gasteiger partial charge in [0.25, 0.3) is 0 Å². The van der Waals surface area contributed by atoms with Crippen LogP contribution in [0.15, 0.2) is 0 Å². The van der Waals surface area contributed by atoms with E-state index in [2.05, 4.69) is 17.1 Å². The third-order valence-electron chi connectivity index (χ3n) is 4.24. The van der Waals surface area contributed by atoms with Crippen LogP contribution in [0.5, 0.6) is 0 Å². The number of nitrogens with one attached hydrogen (secondary N) is 1. The lowest BCUT2D eigenvalue weighted by Crippen LogP contribution is -2.48. The van der Waals surface area contributed by atoms with E-state index in [0.29, 0.717) is 12.8 Å². The summed E-state index contributed by atoms with van der Waals surface area (Å²) in [6.07, 6.45) is 3.61. The van der Waals surface area contributed by atoms with Crippen LogP contribution in [0.4, 0.5) is 8.78 Å². The highest BCUT2D eigenvalue weighted by molar-refractivity contribution is 5.82. The third kappa shape index (κ3) is 3.88. The van der Waals surface area contributed by atoms with Crippen LogP contribution >= 0.6 is 0 Å². The van der Waals surface area contributed by atoms with Gasteiger partial charge in [0.1, 0.15) is 0 Å². The SMILES string of the molecule is CCCN1CCC[C@@H]1C(=O)NC1CCC(F)(F)CC1. The van der Waals surface area contributed by atoms with Crippen molar-refractivity contribution < 1.29 is 13.6 Å². The Hall–Kier alpha value is -0.710. The Kier molecular flexibility index (Phi) is 4.76. The first-order chi connectivity index (χ1) is 9.02. The summed E-state index contributed by atoms with van der Waals surface area (Å²) in [6.45, 7) is 4.03. The molecule has 1 atom stereocenters. The molecule has 19 heavy (non-hydrogen) atoms. The quantitative estimate of drug-likeness (QED) is 0.854. The second-order valence-corrected chi connectivity index (χ2v) is 5.83. The van der Waals surface area contributed by atoms with E-state index in [0.717, 1.165) is 32.4 Å². The Labute approximate surface area is 113 Å². The zero-order valence-electron chi connectivity index (χ0n) is 11.6. The molecule has 110 valence electrons. The molecule has 2 fully saturated rings. The Morgan fingerprint density at radius 3 is 2.63 bits per heavy atom. The predicted octanol–water partition coefficient (Wildman–Crippen LogP) is 2.55. The molecule has 0 bridgehead atoms. The van der Waals surface area contributed by atoms with Crippen molar-refractivity contribution in [2.45, 2.75) is 69.9 Å². The normalized spacial score (nSPS) is 28.5. The van der Waals surface area contributed by atoms with Crippen molar-refractivity contribution in [3.63, 3.8) is 0 Å². The molecule has 0 aromatic heterocycles. The van der Waals surface area contributed by atoms with E-state index < -0.39 is 5.92 Å². The average Bonchev–Trinajstić information content (AvgIpc) is 2.81. The van der Waals surface area contributed by atoms with E-state index in [1.165, 1.54) is 0 Å². The van der Waals surface area contributed by atoms with Gasteiger partial charge in [-0.1, -0.05) is 6.92 Å². The molecule has 1 aliphatic carbocycles. The molecule has 2 rings (SSSR count). The van der Waals surface area contributed by atoms with Crippen molar-refractivity contribution in [1.82, 2.24) is 10.2 Å². The number of carbonyl (C=O) groups excluding carboxylic acids is 1. The number of hydrogen-bond donors (Lipinski definition) is 1. The molecule has 5 heteroatoms. The Bertz CT molecular complexity index is 313. The lowest BCUT2D eigenvalue weighted by molar-refractivity contribution is -0.127. The lowest BCUT2D eigenvalue weighted by atomic mass is 9.92. The summed E-state index contributed by atoms with van der Waals surface area (Å²) in [5, 5.41) is 2.97. The molecule has 0 radical (unpaired) electrons. The summed E-state index contributed by atoms with van der Waals surface area (Å²) in [7, 11) is 0. The minimum atomic E-state index is -2.52. The molecule has 0 aromatic carbocycles. The summed E-state index contributed by atoms with van der Waals surface area (Å²) >= 11 is 0. The summed E-state index contributed by atoms with van der Waals surface area (Å²) in [5.41, 5.74) is 0. The number of carbonyl (C=O) groups is 1. The fourth-order valence-corrected chi connectivity index (χ4v) is 3.16. The van der Waals surface area contributed by atoms with E-state index >= 15 is 0 Å².